The molecule has 1 atom stereocenters. The number of nitrogens with one attached hydrogen (secondary N) is 1. The SMILES string of the molecule is COC(=O)c1cccc2c1CC1(CCNC1=O)CC2. The summed E-state index contributed by atoms with van der Waals surface area (Å²) in [4.78, 5) is 23.9. The van der Waals surface area contributed by atoms with E-state index in [1.165, 1.54) is 12.7 Å². The van der Waals surface area contributed by atoms with Crippen LogP contribution in [0.1, 0.15) is 34.3 Å². The third-order valence-electron chi connectivity index (χ3n) is 4.44. The molecule has 0 bridgehead atoms. The first-order chi connectivity index (χ1) is 9.16. The maximum absolute atomic E-state index is 12.1. The first-order valence-electron chi connectivity index (χ1n) is 6.64. The molecule has 1 amide bonds. The molecule has 1 aliphatic carbocycles. The zero-order chi connectivity index (χ0) is 13.5. The molecule has 1 aliphatic heterocycles. The summed E-state index contributed by atoms with van der Waals surface area (Å²) in [6.45, 7) is 0.745. The number of carbonyl (C=O) groups excluding carboxylic acids is 2. The Kier molecular flexibility index (Phi) is 2.81. The Hall–Kier alpha value is -1.84. The van der Waals surface area contributed by atoms with Gasteiger partial charge in [-0.1, -0.05) is 12.1 Å². The largest absolute Gasteiger partial charge is 0.465 e. The van der Waals surface area contributed by atoms with E-state index in [-0.39, 0.29) is 17.3 Å². The van der Waals surface area contributed by atoms with Crippen LogP contribution in [0.25, 0.3) is 0 Å². The second kappa shape index (κ2) is 4.37. The molecule has 0 radical (unpaired) electrons. The highest BCUT2D eigenvalue weighted by atomic mass is 16.5. The van der Waals surface area contributed by atoms with E-state index in [4.69, 9.17) is 4.74 Å². The summed E-state index contributed by atoms with van der Waals surface area (Å²) >= 11 is 0. The molecule has 1 unspecified atom stereocenters. The number of aryl methyl sites for hydroxylation is 1. The molecule has 100 valence electrons. The van der Waals surface area contributed by atoms with Crippen LogP contribution in [0, 0.1) is 5.41 Å². The third kappa shape index (κ3) is 1.82. The van der Waals surface area contributed by atoms with Crippen LogP contribution < -0.4 is 5.32 Å². The van der Waals surface area contributed by atoms with Crippen molar-refractivity contribution in [3.8, 4) is 0 Å². The number of carbonyl (C=O) groups is 2. The maximum Gasteiger partial charge on any atom is 0.338 e. The highest BCUT2D eigenvalue weighted by molar-refractivity contribution is 5.92. The van der Waals surface area contributed by atoms with Crippen LogP contribution in [0.4, 0.5) is 0 Å². The molecule has 2 aliphatic rings. The van der Waals surface area contributed by atoms with Crippen molar-refractivity contribution in [2.75, 3.05) is 13.7 Å². The normalized spacial score (nSPS) is 25.0. The van der Waals surface area contributed by atoms with Gasteiger partial charge in [0.25, 0.3) is 0 Å². The van der Waals surface area contributed by atoms with Crippen molar-refractivity contribution in [1.82, 2.24) is 5.32 Å². The smallest absolute Gasteiger partial charge is 0.338 e. The number of esters is 1. The van der Waals surface area contributed by atoms with Gasteiger partial charge in [-0.2, -0.15) is 0 Å². The van der Waals surface area contributed by atoms with Crippen LogP contribution in [-0.2, 0) is 22.4 Å². The summed E-state index contributed by atoms with van der Waals surface area (Å²) in [5.41, 5.74) is 2.47. The summed E-state index contributed by atoms with van der Waals surface area (Å²) in [7, 11) is 1.39. The van der Waals surface area contributed by atoms with Gasteiger partial charge in [0.05, 0.1) is 18.1 Å². The first kappa shape index (κ1) is 12.2. The summed E-state index contributed by atoms with van der Waals surface area (Å²) in [6.07, 6.45) is 3.24. The standard InChI is InChI=1S/C15H17NO3/c1-19-13(17)11-4-2-3-10-5-6-15(9-12(10)11)7-8-16-14(15)18/h2-4H,5-9H2,1H3,(H,16,18). The molecule has 1 N–H and O–H groups in total. The fraction of sp³-hybridized carbons (Fsp3) is 0.467. The van der Waals surface area contributed by atoms with E-state index in [0.717, 1.165) is 31.4 Å². The first-order valence-corrected chi connectivity index (χ1v) is 6.64. The van der Waals surface area contributed by atoms with E-state index >= 15 is 0 Å². The van der Waals surface area contributed by atoms with Crippen LogP contribution >= 0.6 is 0 Å². The molecule has 0 aromatic heterocycles. The average Bonchev–Trinajstić information content (AvgIpc) is 2.78. The minimum absolute atomic E-state index is 0.137. The van der Waals surface area contributed by atoms with Gasteiger partial charge < -0.3 is 10.1 Å². The lowest BCUT2D eigenvalue weighted by Crippen LogP contribution is -2.37. The van der Waals surface area contributed by atoms with Gasteiger partial charge >= 0.3 is 5.97 Å². The topological polar surface area (TPSA) is 55.4 Å². The molecule has 1 fully saturated rings. The zero-order valence-electron chi connectivity index (χ0n) is 11.0. The highest BCUT2D eigenvalue weighted by Crippen LogP contribution is 2.41. The number of methoxy groups -OCH3 is 1. The van der Waals surface area contributed by atoms with Crippen LogP contribution in [0.2, 0.25) is 0 Å². The summed E-state index contributed by atoms with van der Waals surface area (Å²) in [5, 5.41) is 2.92. The molecule has 1 aromatic carbocycles. The molecule has 1 heterocycles. The lowest BCUT2D eigenvalue weighted by atomic mass is 9.69. The van der Waals surface area contributed by atoms with Gasteiger partial charge in [0.2, 0.25) is 5.91 Å². The quantitative estimate of drug-likeness (QED) is 0.777. The predicted molar refractivity (Wildman–Crippen MR) is 69.9 cm³/mol. The Balaban J connectivity index is 2.03. The Labute approximate surface area is 112 Å². The Morgan fingerprint density at radius 1 is 1.37 bits per heavy atom. The van der Waals surface area contributed by atoms with E-state index in [1.54, 1.807) is 6.07 Å². The predicted octanol–water partition coefficient (Wildman–Crippen LogP) is 1.47. The van der Waals surface area contributed by atoms with Crippen LogP contribution in [0.15, 0.2) is 18.2 Å². The van der Waals surface area contributed by atoms with Gasteiger partial charge in [0, 0.05) is 6.54 Å². The van der Waals surface area contributed by atoms with Crippen molar-refractivity contribution < 1.29 is 14.3 Å². The summed E-state index contributed by atoms with van der Waals surface area (Å²) in [5.74, 6) is -0.176. The lowest BCUT2D eigenvalue weighted by Gasteiger charge is -2.33. The van der Waals surface area contributed by atoms with Gasteiger partial charge in [-0.25, -0.2) is 4.79 Å². The number of ether oxygens (including phenoxy) is 1. The van der Waals surface area contributed by atoms with Crippen molar-refractivity contribution in [3.05, 3.63) is 34.9 Å². The molecular formula is C15H17NO3. The number of benzene rings is 1. The van der Waals surface area contributed by atoms with Crippen molar-refractivity contribution in [1.29, 1.82) is 0 Å². The molecule has 1 spiro atoms. The van der Waals surface area contributed by atoms with Crippen molar-refractivity contribution in [3.63, 3.8) is 0 Å². The highest BCUT2D eigenvalue weighted by Gasteiger charge is 2.45. The summed E-state index contributed by atoms with van der Waals surface area (Å²) in [6, 6.07) is 5.72. The second-order valence-corrected chi connectivity index (χ2v) is 5.40. The minimum atomic E-state index is -0.313. The Morgan fingerprint density at radius 3 is 2.89 bits per heavy atom. The van der Waals surface area contributed by atoms with Crippen molar-refractivity contribution in [2.24, 2.45) is 5.41 Å². The minimum Gasteiger partial charge on any atom is -0.465 e. The monoisotopic (exact) mass is 259 g/mol. The van der Waals surface area contributed by atoms with E-state index in [0.29, 0.717) is 12.0 Å². The second-order valence-electron chi connectivity index (χ2n) is 5.40. The zero-order valence-corrected chi connectivity index (χ0v) is 11.0. The fourth-order valence-electron chi connectivity index (χ4n) is 3.30. The number of hydrogen-bond donors (Lipinski definition) is 1. The van der Waals surface area contributed by atoms with Crippen molar-refractivity contribution in [2.45, 2.75) is 25.7 Å². The van der Waals surface area contributed by atoms with Gasteiger partial charge in [0.15, 0.2) is 0 Å². The summed E-state index contributed by atoms with van der Waals surface area (Å²) < 4.78 is 4.84. The van der Waals surface area contributed by atoms with Gasteiger partial charge in [0.1, 0.15) is 0 Å². The third-order valence-corrected chi connectivity index (χ3v) is 4.44. The van der Waals surface area contributed by atoms with Crippen LogP contribution in [0.5, 0.6) is 0 Å². The van der Waals surface area contributed by atoms with Gasteiger partial charge in [-0.3, -0.25) is 4.79 Å². The molecule has 4 nitrogen and oxygen atoms in total. The number of rotatable bonds is 1. The average molecular weight is 259 g/mol. The molecule has 1 aromatic rings. The fourth-order valence-corrected chi connectivity index (χ4v) is 3.30. The van der Waals surface area contributed by atoms with E-state index in [9.17, 15) is 9.59 Å². The van der Waals surface area contributed by atoms with Crippen LogP contribution in [0.3, 0.4) is 0 Å². The molecule has 4 heteroatoms. The molecule has 19 heavy (non-hydrogen) atoms. The lowest BCUT2D eigenvalue weighted by molar-refractivity contribution is -0.128. The molecule has 3 rings (SSSR count). The van der Waals surface area contributed by atoms with E-state index in [1.807, 2.05) is 12.1 Å². The van der Waals surface area contributed by atoms with Gasteiger partial charge in [-0.05, 0) is 42.9 Å². The number of amides is 1. The maximum atomic E-state index is 12.1. The van der Waals surface area contributed by atoms with Crippen LogP contribution in [-0.4, -0.2) is 25.5 Å². The van der Waals surface area contributed by atoms with Gasteiger partial charge in [-0.15, -0.1) is 0 Å². The molecule has 1 saturated heterocycles. The number of fused-ring (bicyclic) bond motifs is 1. The Bertz CT molecular complexity index is 552. The Morgan fingerprint density at radius 2 is 2.21 bits per heavy atom. The van der Waals surface area contributed by atoms with E-state index < -0.39 is 0 Å². The number of hydrogen-bond acceptors (Lipinski definition) is 3. The van der Waals surface area contributed by atoms with Crippen molar-refractivity contribution >= 4 is 11.9 Å². The van der Waals surface area contributed by atoms with E-state index in [2.05, 4.69) is 5.32 Å². The molecular weight excluding hydrogens is 242 g/mol. The molecule has 0 saturated carbocycles.